The maximum Gasteiger partial charge on any atom is 0.188 e. The van der Waals surface area contributed by atoms with E-state index in [0.717, 1.165) is 25.8 Å². The molecule has 1 fully saturated rings. The zero-order valence-electron chi connectivity index (χ0n) is 8.42. The summed E-state index contributed by atoms with van der Waals surface area (Å²) in [7, 11) is 1.76. The van der Waals surface area contributed by atoms with Crippen LogP contribution in [0.3, 0.4) is 0 Å². The molecule has 4 nitrogen and oxygen atoms in total. The van der Waals surface area contributed by atoms with Gasteiger partial charge in [-0.3, -0.25) is 4.99 Å². The highest BCUT2D eigenvalue weighted by Gasteiger charge is 2.24. The molecule has 0 spiro atoms. The van der Waals surface area contributed by atoms with Crippen molar-refractivity contribution < 1.29 is 4.74 Å². The number of aliphatic imine (C=N–C) groups is 1. The largest absolute Gasteiger partial charge is 0.381 e. The van der Waals surface area contributed by atoms with E-state index in [-0.39, 0.29) is 0 Å². The monoisotopic (exact) mass is 185 g/mol. The first kappa shape index (κ1) is 10.3. The Hall–Kier alpha value is -0.770. The van der Waals surface area contributed by atoms with Crippen LogP contribution in [0.15, 0.2) is 4.99 Å². The highest BCUT2D eigenvalue weighted by atomic mass is 16.5. The van der Waals surface area contributed by atoms with E-state index in [9.17, 15) is 0 Å². The van der Waals surface area contributed by atoms with Crippen LogP contribution in [0.4, 0.5) is 0 Å². The highest BCUT2D eigenvalue weighted by Crippen LogP contribution is 2.20. The van der Waals surface area contributed by atoms with Gasteiger partial charge in [0.1, 0.15) is 0 Å². The second-order valence-electron chi connectivity index (χ2n) is 3.37. The molecule has 0 saturated heterocycles. The fourth-order valence-corrected chi connectivity index (χ4v) is 1.71. The first-order chi connectivity index (χ1) is 6.26. The highest BCUT2D eigenvalue weighted by molar-refractivity contribution is 5.78. The van der Waals surface area contributed by atoms with Crippen molar-refractivity contribution in [1.29, 1.82) is 0 Å². The molecule has 0 heterocycles. The standard InChI is InChI=1S/C9H19N3O/c1-3-11-9(10)12-7-4-5-8(6-7)13-2/h7-8H,3-6H2,1-2H3,(H3,10,11,12). The summed E-state index contributed by atoms with van der Waals surface area (Å²) >= 11 is 0. The lowest BCUT2D eigenvalue weighted by molar-refractivity contribution is 0.107. The van der Waals surface area contributed by atoms with Crippen LogP contribution in [-0.4, -0.2) is 31.8 Å². The molecular formula is C9H19N3O. The number of rotatable bonds is 3. The van der Waals surface area contributed by atoms with Crippen LogP contribution >= 0.6 is 0 Å². The Kier molecular flexibility index (Phi) is 4.02. The number of hydrogen-bond donors (Lipinski definition) is 2. The molecule has 0 aromatic heterocycles. The van der Waals surface area contributed by atoms with Crippen molar-refractivity contribution in [3.8, 4) is 0 Å². The number of guanidine groups is 1. The smallest absolute Gasteiger partial charge is 0.188 e. The van der Waals surface area contributed by atoms with Gasteiger partial charge in [-0.1, -0.05) is 0 Å². The van der Waals surface area contributed by atoms with Gasteiger partial charge in [0.2, 0.25) is 0 Å². The summed E-state index contributed by atoms with van der Waals surface area (Å²) in [6, 6.07) is 0.445. The van der Waals surface area contributed by atoms with E-state index in [4.69, 9.17) is 10.5 Å². The second kappa shape index (κ2) is 5.07. The van der Waals surface area contributed by atoms with Crippen LogP contribution < -0.4 is 11.1 Å². The van der Waals surface area contributed by atoms with Crippen LogP contribution in [0.25, 0.3) is 0 Å². The van der Waals surface area contributed by atoms with Crippen LogP contribution in [0.2, 0.25) is 0 Å². The Bertz CT molecular complexity index is 182. The summed E-state index contributed by atoms with van der Waals surface area (Å²) in [5, 5.41) is 3.19. The minimum Gasteiger partial charge on any atom is -0.381 e. The lowest BCUT2D eigenvalue weighted by atomic mass is 10.2. The van der Waals surface area contributed by atoms with Crippen molar-refractivity contribution in [1.82, 2.24) is 5.32 Å². The molecule has 0 radical (unpaired) electrons. The predicted molar refractivity (Wildman–Crippen MR) is 53.7 cm³/mol. The molecule has 0 aliphatic heterocycles. The van der Waals surface area contributed by atoms with Gasteiger partial charge in [-0.2, -0.15) is 0 Å². The maximum absolute atomic E-state index is 5.65. The predicted octanol–water partition coefficient (Wildman–Crippen LogP) is 0.478. The second-order valence-corrected chi connectivity index (χ2v) is 3.37. The van der Waals surface area contributed by atoms with Gasteiger partial charge in [0, 0.05) is 19.7 Å². The molecule has 1 aliphatic carbocycles. The lowest BCUT2D eigenvalue weighted by Crippen LogP contribution is -2.39. The zero-order valence-corrected chi connectivity index (χ0v) is 8.42. The molecule has 1 rings (SSSR count). The van der Waals surface area contributed by atoms with Crippen molar-refractivity contribution in [3.63, 3.8) is 0 Å². The molecule has 0 aromatic carbocycles. The Morgan fingerprint density at radius 1 is 1.62 bits per heavy atom. The van der Waals surface area contributed by atoms with Gasteiger partial charge in [0.15, 0.2) is 5.96 Å². The van der Waals surface area contributed by atoms with E-state index in [1.807, 2.05) is 6.92 Å². The molecule has 76 valence electrons. The number of nitrogens with two attached hydrogens (primary N) is 1. The third-order valence-electron chi connectivity index (χ3n) is 2.40. The van der Waals surface area contributed by atoms with Gasteiger partial charge in [0.05, 0.1) is 6.10 Å². The summed E-state index contributed by atoms with van der Waals surface area (Å²) in [6.07, 6.45) is 3.68. The number of ether oxygens (including phenoxy) is 1. The van der Waals surface area contributed by atoms with E-state index in [1.54, 1.807) is 7.11 Å². The number of nitrogens with one attached hydrogen (secondary N) is 1. The quantitative estimate of drug-likeness (QED) is 0.496. The first-order valence-corrected chi connectivity index (χ1v) is 4.85. The first-order valence-electron chi connectivity index (χ1n) is 4.85. The Morgan fingerprint density at radius 2 is 2.38 bits per heavy atom. The summed E-state index contributed by atoms with van der Waals surface area (Å²) in [5.74, 6) is 0.559. The van der Waals surface area contributed by atoms with Crippen molar-refractivity contribution in [2.24, 2.45) is 10.7 Å². The summed E-state index contributed by atoms with van der Waals surface area (Å²) in [6.45, 7) is 2.71. The van der Waals surface area contributed by atoms with Crippen LogP contribution in [0.1, 0.15) is 26.2 Å². The third-order valence-corrected chi connectivity index (χ3v) is 2.40. The average molecular weight is 185 g/mol. The van der Waals surface area contributed by atoms with Gasteiger partial charge in [0.25, 0.3) is 0 Å². The fourth-order valence-electron chi connectivity index (χ4n) is 1.71. The summed E-state index contributed by atoms with van der Waals surface area (Å²) in [5.41, 5.74) is 5.65. The van der Waals surface area contributed by atoms with E-state index in [0.29, 0.717) is 18.1 Å². The molecule has 3 N–H and O–H groups in total. The molecule has 1 saturated carbocycles. The van der Waals surface area contributed by atoms with E-state index in [1.165, 1.54) is 0 Å². The van der Waals surface area contributed by atoms with E-state index >= 15 is 0 Å². The molecule has 13 heavy (non-hydrogen) atoms. The summed E-state index contributed by atoms with van der Waals surface area (Å²) < 4.78 is 5.26. The molecule has 4 heteroatoms. The van der Waals surface area contributed by atoms with Crippen molar-refractivity contribution in [2.45, 2.75) is 38.3 Å². The number of methoxy groups -OCH3 is 1. The van der Waals surface area contributed by atoms with Crippen LogP contribution in [-0.2, 0) is 4.74 Å². The molecule has 0 amide bonds. The maximum atomic E-state index is 5.65. The summed E-state index contributed by atoms with van der Waals surface area (Å²) in [4.78, 5) is 4.08. The zero-order chi connectivity index (χ0) is 9.68. The molecule has 1 aliphatic rings. The van der Waals surface area contributed by atoms with Gasteiger partial charge in [-0.15, -0.1) is 0 Å². The Balaban J connectivity index is 2.27. The fraction of sp³-hybridized carbons (Fsp3) is 0.889. The molecule has 2 unspecified atom stereocenters. The molecule has 0 bridgehead atoms. The van der Waals surface area contributed by atoms with Gasteiger partial charge in [-0.25, -0.2) is 0 Å². The molecular weight excluding hydrogens is 166 g/mol. The topological polar surface area (TPSA) is 59.6 Å². The van der Waals surface area contributed by atoms with Gasteiger partial charge < -0.3 is 15.8 Å². The Morgan fingerprint density at radius 3 is 2.92 bits per heavy atom. The van der Waals surface area contributed by atoms with Crippen molar-refractivity contribution >= 4 is 5.96 Å². The Labute approximate surface area is 79.6 Å². The normalized spacial score (nSPS) is 29.2. The number of hydrogen-bond acceptors (Lipinski definition) is 2. The minimum atomic E-state index is 0.395. The lowest BCUT2D eigenvalue weighted by Gasteiger charge is -2.12. The van der Waals surface area contributed by atoms with Crippen molar-refractivity contribution in [3.05, 3.63) is 0 Å². The third kappa shape index (κ3) is 3.22. The van der Waals surface area contributed by atoms with Crippen molar-refractivity contribution in [2.75, 3.05) is 13.7 Å². The average Bonchev–Trinajstić information content (AvgIpc) is 2.52. The van der Waals surface area contributed by atoms with Crippen LogP contribution in [0, 0.1) is 0 Å². The number of nitrogens with zero attached hydrogens (tertiary/aromatic N) is 1. The van der Waals surface area contributed by atoms with E-state index in [2.05, 4.69) is 10.3 Å². The van der Waals surface area contributed by atoms with Gasteiger partial charge >= 0.3 is 0 Å². The van der Waals surface area contributed by atoms with Crippen LogP contribution in [0.5, 0.6) is 0 Å². The van der Waals surface area contributed by atoms with Gasteiger partial charge in [-0.05, 0) is 26.2 Å². The molecule has 2 atom stereocenters. The molecule has 0 aromatic rings. The van der Waals surface area contributed by atoms with E-state index < -0.39 is 0 Å². The SMILES string of the molecule is CCN=C(N)NC1CCC(OC)C1. The minimum absolute atomic E-state index is 0.395.